The first-order valence-electron chi connectivity index (χ1n) is 12.1. The normalized spacial score (nSPS) is 9.32. The summed E-state index contributed by atoms with van der Waals surface area (Å²) in [5.41, 5.74) is 5.77. The van der Waals surface area contributed by atoms with Gasteiger partial charge in [-0.25, -0.2) is 0 Å². The molecular formula is C32H33N2O3Zr. The molecule has 1 N–H and O–H groups in total. The summed E-state index contributed by atoms with van der Waals surface area (Å²) in [6, 6.07) is 34.2. The summed E-state index contributed by atoms with van der Waals surface area (Å²) in [7, 11) is 0. The standard InChI is InChI=1S/C18H22N2O.2C7H5O.Zr/c1-15-7-3-5-9-17(15)19-11-13-21-14-12-20-18-10-6-4-8-16(18)2;2*8-6-7-4-2-1-3-5-7;/h3-10H,11-14H2,1-2H3;2*1-5H;/q-2;2*-1;+3/p+1. The molecule has 0 saturated heterocycles. The van der Waals surface area contributed by atoms with Crippen LogP contribution in [0.3, 0.4) is 0 Å². The molecule has 4 aromatic rings. The zero-order valence-corrected chi connectivity index (χ0v) is 24.3. The van der Waals surface area contributed by atoms with Crippen LogP contribution in [-0.4, -0.2) is 43.6 Å². The van der Waals surface area contributed by atoms with Crippen LogP contribution >= 0.6 is 0 Å². The van der Waals surface area contributed by atoms with Crippen molar-refractivity contribution in [3.8, 4) is 0 Å². The first-order valence-corrected chi connectivity index (χ1v) is 12.1. The summed E-state index contributed by atoms with van der Waals surface area (Å²) in [6.45, 7) is 7.17. The molecule has 0 bridgehead atoms. The van der Waals surface area contributed by atoms with E-state index in [0.717, 1.165) is 37.7 Å². The molecular weight excluding hydrogens is 552 g/mol. The van der Waals surface area contributed by atoms with Gasteiger partial charge in [-0.2, -0.15) is 35.4 Å². The first-order chi connectivity index (χ1) is 18.1. The molecule has 1 radical (unpaired) electrons. The van der Waals surface area contributed by atoms with Crippen LogP contribution in [0.1, 0.15) is 22.3 Å². The van der Waals surface area contributed by atoms with E-state index in [2.05, 4.69) is 41.4 Å². The molecule has 0 aliphatic carbocycles. The number of rotatable bonds is 10. The van der Waals surface area contributed by atoms with Crippen LogP contribution in [0.15, 0.2) is 109 Å². The summed E-state index contributed by atoms with van der Waals surface area (Å²) < 4.78 is 4.47. The van der Waals surface area contributed by atoms with Crippen molar-refractivity contribution in [3.63, 3.8) is 0 Å². The van der Waals surface area contributed by atoms with Gasteiger partial charge in [0, 0.05) is 0 Å². The Bertz CT molecular complexity index is 1080. The molecule has 0 aromatic heterocycles. The van der Waals surface area contributed by atoms with Gasteiger partial charge in [-0.05, 0) is 13.8 Å². The molecule has 5 nitrogen and oxygen atoms in total. The largest absolute Gasteiger partial charge is 3.00 e. The molecule has 193 valence electrons. The third-order valence-electron chi connectivity index (χ3n) is 5.09. The van der Waals surface area contributed by atoms with Gasteiger partial charge in [0.2, 0.25) is 0 Å². The first kappa shape index (κ1) is 32.7. The minimum absolute atomic E-state index is 0. The molecule has 0 aliphatic heterocycles. The molecule has 4 rings (SSSR count). The third-order valence-corrected chi connectivity index (χ3v) is 5.09. The number of aryl methyl sites for hydroxylation is 2. The fourth-order valence-corrected chi connectivity index (χ4v) is 3.09. The van der Waals surface area contributed by atoms with Crippen molar-refractivity contribution in [2.75, 3.05) is 26.3 Å². The van der Waals surface area contributed by atoms with Crippen LogP contribution in [0, 0.1) is 13.8 Å². The van der Waals surface area contributed by atoms with Crippen LogP contribution in [0.4, 0.5) is 11.4 Å². The number of carbonyl (C=O) groups excluding carboxylic acids is 2. The van der Waals surface area contributed by atoms with Crippen LogP contribution in [0.5, 0.6) is 0 Å². The quantitative estimate of drug-likeness (QED) is 0.116. The van der Waals surface area contributed by atoms with E-state index in [0.29, 0.717) is 11.1 Å². The van der Waals surface area contributed by atoms with Gasteiger partial charge in [-0.3, -0.25) is 0 Å². The van der Waals surface area contributed by atoms with E-state index in [9.17, 15) is 9.59 Å². The predicted molar refractivity (Wildman–Crippen MR) is 153 cm³/mol. The molecule has 0 spiro atoms. The van der Waals surface area contributed by atoms with Gasteiger partial charge in [0.25, 0.3) is 0 Å². The smallest absolute Gasteiger partial charge is 0.678 e. The maximum absolute atomic E-state index is 9.88. The van der Waals surface area contributed by atoms with E-state index in [4.69, 9.17) is 0 Å². The van der Waals surface area contributed by atoms with Gasteiger partial charge in [-0.1, -0.05) is 84.9 Å². The maximum Gasteiger partial charge on any atom is 3.00 e. The van der Waals surface area contributed by atoms with E-state index in [1.165, 1.54) is 11.1 Å². The van der Waals surface area contributed by atoms with E-state index in [1.54, 1.807) is 61.1 Å². The Morgan fingerprint density at radius 3 is 1.21 bits per heavy atom. The van der Waals surface area contributed by atoms with Crippen LogP contribution in [-0.2, 0) is 35.8 Å². The molecule has 0 fully saturated rings. The average Bonchev–Trinajstić information content (AvgIpc) is 2.96. The molecule has 0 unspecified atom stereocenters. The minimum Gasteiger partial charge on any atom is -0.678 e. The number of aliphatic hydroxyl groups is 2. The average molecular weight is 585 g/mol. The van der Waals surface area contributed by atoms with Gasteiger partial charge in [0.15, 0.2) is 0 Å². The SMILES string of the molecule is Cc1ccccc1[N-]CC[OH+]CC[N-]c1ccccc1C.O=[C-]c1ccccc1.O=[C-]c1ccccc1.[Zr+3]. The Morgan fingerprint density at radius 2 is 0.895 bits per heavy atom. The second-order valence-corrected chi connectivity index (χ2v) is 7.94. The van der Waals surface area contributed by atoms with E-state index in [1.807, 2.05) is 48.5 Å². The maximum atomic E-state index is 9.88. The second kappa shape index (κ2) is 20.7. The van der Waals surface area contributed by atoms with Crippen LogP contribution < -0.4 is 0 Å². The summed E-state index contributed by atoms with van der Waals surface area (Å²) >= 11 is 0. The molecule has 0 amide bonds. The number of nitrogens with zero attached hydrogens (tertiary/aromatic N) is 2. The van der Waals surface area contributed by atoms with Gasteiger partial charge < -0.3 is 25.0 Å². The number of hydrogen-bond donors (Lipinski definition) is 0. The third kappa shape index (κ3) is 13.8. The summed E-state index contributed by atoms with van der Waals surface area (Å²) in [5, 5.41) is 9.10. The number of ether oxygens (including phenoxy) is 1. The van der Waals surface area contributed by atoms with Crippen LogP contribution in [0.25, 0.3) is 10.6 Å². The van der Waals surface area contributed by atoms with Crippen molar-refractivity contribution in [3.05, 3.63) is 142 Å². The molecule has 38 heavy (non-hydrogen) atoms. The van der Waals surface area contributed by atoms with Crippen molar-refractivity contribution in [1.82, 2.24) is 0 Å². The van der Waals surface area contributed by atoms with Crippen molar-refractivity contribution in [2.45, 2.75) is 13.8 Å². The Balaban J connectivity index is 0.000000347. The van der Waals surface area contributed by atoms with Crippen molar-refractivity contribution < 1.29 is 40.5 Å². The van der Waals surface area contributed by atoms with Crippen LogP contribution in [0.2, 0.25) is 0 Å². The zero-order chi connectivity index (χ0) is 26.6. The Morgan fingerprint density at radius 1 is 0.553 bits per heavy atom. The Kier molecular flexibility index (Phi) is 17.8. The van der Waals surface area contributed by atoms with Gasteiger partial charge >= 0.3 is 26.2 Å². The predicted octanol–water partition coefficient (Wildman–Crippen LogP) is 6.83. The summed E-state index contributed by atoms with van der Waals surface area (Å²) in [5.74, 6) is 0. The zero-order valence-electron chi connectivity index (χ0n) is 21.9. The summed E-state index contributed by atoms with van der Waals surface area (Å²) in [6.07, 6.45) is 3.55. The monoisotopic (exact) mass is 583 g/mol. The van der Waals surface area contributed by atoms with Crippen molar-refractivity contribution in [2.24, 2.45) is 0 Å². The molecule has 0 aliphatic rings. The Labute approximate surface area is 245 Å². The van der Waals surface area contributed by atoms with Crippen molar-refractivity contribution >= 4 is 23.9 Å². The fraction of sp³-hybridized carbons (Fsp3) is 0.188. The number of benzene rings is 4. The summed E-state index contributed by atoms with van der Waals surface area (Å²) in [4.78, 5) is 19.8. The second-order valence-electron chi connectivity index (χ2n) is 7.94. The molecule has 4 aromatic carbocycles. The molecule has 6 heteroatoms. The molecule has 0 saturated carbocycles. The fourth-order valence-electron chi connectivity index (χ4n) is 3.09. The van der Waals surface area contributed by atoms with Gasteiger partial charge in [0.05, 0.1) is 12.6 Å². The van der Waals surface area contributed by atoms with E-state index < -0.39 is 0 Å². The van der Waals surface area contributed by atoms with Crippen molar-refractivity contribution in [1.29, 1.82) is 0 Å². The van der Waals surface area contributed by atoms with Gasteiger partial charge in [-0.15, -0.1) is 35.6 Å². The van der Waals surface area contributed by atoms with E-state index >= 15 is 0 Å². The van der Waals surface area contributed by atoms with Gasteiger partial charge in [0.1, 0.15) is 13.2 Å². The Hall–Kier alpha value is -3.34. The molecule has 0 atom stereocenters. The minimum atomic E-state index is 0. The van der Waals surface area contributed by atoms with E-state index in [-0.39, 0.29) is 26.2 Å². The number of hydrogen-bond acceptors (Lipinski definition) is 2. The molecule has 0 heterocycles. The number of para-hydroxylation sites is 2. The topological polar surface area (TPSA) is 75.1 Å².